The predicted molar refractivity (Wildman–Crippen MR) is 68.9 cm³/mol. The van der Waals surface area contributed by atoms with Crippen LogP contribution >= 0.6 is 11.8 Å². The first-order valence-corrected chi connectivity index (χ1v) is 6.98. The lowest BCUT2D eigenvalue weighted by atomic mass is 10.1. The zero-order chi connectivity index (χ0) is 13.5. The fraction of sp³-hybridized carbons (Fsp3) is 0.500. The van der Waals surface area contributed by atoms with Crippen molar-refractivity contribution in [2.75, 3.05) is 6.26 Å². The summed E-state index contributed by atoms with van der Waals surface area (Å²) in [7, 11) is 0. The molecule has 18 heavy (non-hydrogen) atoms. The molecule has 1 aromatic heterocycles. The van der Waals surface area contributed by atoms with Gasteiger partial charge < -0.3 is 14.8 Å². The highest BCUT2D eigenvalue weighted by Crippen LogP contribution is 2.18. The summed E-state index contributed by atoms with van der Waals surface area (Å²) < 4.78 is 5.24. The van der Waals surface area contributed by atoms with E-state index in [4.69, 9.17) is 9.52 Å². The molecule has 1 heterocycles. The van der Waals surface area contributed by atoms with E-state index in [1.807, 2.05) is 13.2 Å². The molecule has 0 aliphatic carbocycles. The summed E-state index contributed by atoms with van der Waals surface area (Å²) in [5.74, 6) is -1.37. The molecule has 1 aromatic rings. The maximum Gasteiger partial charge on any atom is 0.326 e. The first-order valence-electron chi connectivity index (χ1n) is 5.76. The largest absolute Gasteiger partial charge is 0.480 e. The second kappa shape index (κ2) is 7.10. The van der Waals surface area contributed by atoms with Crippen molar-refractivity contribution in [2.45, 2.75) is 37.3 Å². The molecular weight excluding hydrogens is 254 g/mol. The van der Waals surface area contributed by atoms with Gasteiger partial charge in [-0.3, -0.25) is 4.79 Å². The molecule has 0 aromatic carbocycles. The molecule has 1 rings (SSSR count). The molecule has 0 unspecified atom stereocenters. The standard InChI is InChI=1S/C12H17NO4S/c1-3-4-5-8(12(15)16)13-11(14)9-6-7-10(17-9)18-2/h6-8H,3-5H2,1-2H3,(H,13,14)(H,15,16)/t8-/m0/s1. The molecule has 6 heteroatoms. The second-order valence-corrected chi connectivity index (χ2v) is 4.64. The van der Waals surface area contributed by atoms with Gasteiger partial charge in [-0.1, -0.05) is 31.5 Å². The molecule has 0 spiro atoms. The Bertz CT molecular complexity index is 416. The van der Waals surface area contributed by atoms with Crippen LogP contribution in [0.25, 0.3) is 0 Å². The van der Waals surface area contributed by atoms with Crippen molar-refractivity contribution in [2.24, 2.45) is 0 Å². The van der Waals surface area contributed by atoms with Crippen LogP contribution in [0.4, 0.5) is 0 Å². The zero-order valence-corrected chi connectivity index (χ0v) is 11.3. The van der Waals surface area contributed by atoms with Crippen molar-refractivity contribution >= 4 is 23.6 Å². The Kier molecular flexibility index (Phi) is 5.77. The topological polar surface area (TPSA) is 79.5 Å². The molecule has 100 valence electrons. The van der Waals surface area contributed by atoms with E-state index in [-0.39, 0.29) is 5.76 Å². The van der Waals surface area contributed by atoms with Crippen LogP contribution in [0, 0.1) is 0 Å². The summed E-state index contributed by atoms with van der Waals surface area (Å²) in [4.78, 5) is 22.8. The average molecular weight is 271 g/mol. The van der Waals surface area contributed by atoms with Crippen molar-refractivity contribution in [3.05, 3.63) is 17.9 Å². The lowest BCUT2D eigenvalue weighted by molar-refractivity contribution is -0.139. The first kappa shape index (κ1) is 14.6. The van der Waals surface area contributed by atoms with Gasteiger partial charge in [0.25, 0.3) is 5.91 Å². The third-order valence-electron chi connectivity index (χ3n) is 2.46. The molecular formula is C12H17NO4S. The Labute approximate surface area is 110 Å². The number of unbranched alkanes of at least 4 members (excludes halogenated alkanes) is 1. The van der Waals surface area contributed by atoms with Crippen molar-refractivity contribution < 1.29 is 19.1 Å². The van der Waals surface area contributed by atoms with Gasteiger partial charge in [0.05, 0.1) is 0 Å². The monoisotopic (exact) mass is 271 g/mol. The van der Waals surface area contributed by atoms with Gasteiger partial charge in [0.1, 0.15) is 6.04 Å². The van der Waals surface area contributed by atoms with E-state index in [0.717, 1.165) is 12.8 Å². The van der Waals surface area contributed by atoms with Crippen LogP contribution < -0.4 is 5.32 Å². The minimum atomic E-state index is -1.02. The Morgan fingerprint density at radius 2 is 2.22 bits per heavy atom. The summed E-state index contributed by atoms with van der Waals surface area (Å²) in [5.41, 5.74) is 0. The summed E-state index contributed by atoms with van der Waals surface area (Å²) in [6.45, 7) is 1.97. The van der Waals surface area contributed by atoms with Crippen LogP contribution in [0.3, 0.4) is 0 Å². The van der Waals surface area contributed by atoms with Crippen LogP contribution in [0.2, 0.25) is 0 Å². The van der Waals surface area contributed by atoms with Crippen molar-refractivity contribution in [3.63, 3.8) is 0 Å². The molecule has 0 aliphatic rings. The minimum absolute atomic E-state index is 0.141. The van der Waals surface area contributed by atoms with Crippen LogP contribution in [0.1, 0.15) is 36.7 Å². The highest BCUT2D eigenvalue weighted by molar-refractivity contribution is 7.98. The van der Waals surface area contributed by atoms with Crippen LogP contribution in [0.5, 0.6) is 0 Å². The van der Waals surface area contributed by atoms with Gasteiger partial charge in [0.2, 0.25) is 0 Å². The Balaban J connectivity index is 2.62. The van der Waals surface area contributed by atoms with Gasteiger partial charge >= 0.3 is 5.97 Å². The van der Waals surface area contributed by atoms with Crippen LogP contribution in [0.15, 0.2) is 21.6 Å². The maximum atomic E-state index is 11.8. The fourth-order valence-corrected chi connectivity index (χ4v) is 1.82. The van der Waals surface area contributed by atoms with E-state index in [1.165, 1.54) is 11.8 Å². The molecule has 0 radical (unpaired) electrons. The molecule has 0 fully saturated rings. The number of amides is 1. The number of thioether (sulfide) groups is 1. The number of aliphatic carboxylic acids is 1. The summed E-state index contributed by atoms with van der Waals surface area (Å²) in [6, 6.07) is 2.36. The van der Waals surface area contributed by atoms with Gasteiger partial charge in [-0.15, -0.1) is 0 Å². The summed E-state index contributed by atoms with van der Waals surface area (Å²) in [5, 5.41) is 12.1. The van der Waals surface area contributed by atoms with Gasteiger partial charge in [0, 0.05) is 0 Å². The maximum absolute atomic E-state index is 11.8. The number of carboxylic acids is 1. The third-order valence-corrected chi connectivity index (χ3v) is 3.08. The van der Waals surface area contributed by atoms with Gasteiger partial charge in [-0.25, -0.2) is 4.79 Å². The molecule has 1 amide bonds. The van der Waals surface area contributed by atoms with Gasteiger partial charge in [-0.05, 0) is 24.8 Å². The molecule has 5 nitrogen and oxygen atoms in total. The molecule has 0 saturated heterocycles. The normalized spacial score (nSPS) is 12.1. The van der Waals surface area contributed by atoms with Crippen molar-refractivity contribution in [3.8, 4) is 0 Å². The summed E-state index contributed by atoms with van der Waals surface area (Å²) >= 11 is 1.38. The Morgan fingerprint density at radius 3 is 2.72 bits per heavy atom. The Hall–Kier alpha value is -1.43. The second-order valence-electron chi connectivity index (χ2n) is 3.83. The molecule has 0 saturated carbocycles. The number of hydrogen-bond donors (Lipinski definition) is 2. The number of nitrogens with one attached hydrogen (secondary N) is 1. The van der Waals surface area contributed by atoms with Crippen LogP contribution in [-0.4, -0.2) is 29.3 Å². The Morgan fingerprint density at radius 1 is 1.50 bits per heavy atom. The third kappa shape index (κ3) is 4.10. The highest BCUT2D eigenvalue weighted by atomic mass is 32.2. The number of carbonyl (C=O) groups excluding carboxylic acids is 1. The van der Waals surface area contributed by atoms with E-state index in [1.54, 1.807) is 12.1 Å². The number of carboxylic acid groups (broad SMARTS) is 1. The van der Waals surface area contributed by atoms with Gasteiger partial charge in [0.15, 0.2) is 10.9 Å². The molecule has 1 atom stereocenters. The van der Waals surface area contributed by atoms with Crippen molar-refractivity contribution in [1.29, 1.82) is 0 Å². The van der Waals surface area contributed by atoms with Crippen LogP contribution in [-0.2, 0) is 4.79 Å². The number of hydrogen-bond acceptors (Lipinski definition) is 4. The molecule has 2 N–H and O–H groups in total. The highest BCUT2D eigenvalue weighted by Gasteiger charge is 2.21. The van der Waals surface area contributed by atoms with E-state index in [0.29, 0.717) is 11.5 Å². The smallest absolute Gasteiger partial charge is 0.326 e. The zero-order valence-electron chi connectivity index (χ0n) is 10.4. The predicted octanol–water partition coefficient (Wildman–Crippen LogP) is 2.37. The first-order chi connectivity index (χ1) is 8.58. The van der Waals surface area contributed by atoms with E-state index in [9.17, 15) is 9.59 Å². The molecule has 0 bridgehead atoms. The number of rotatable bonds is 7. The van der Waals surface area contributed by atoms with E-state index < -0.39 is 17.9 Å². The number of furan rings is 1. The summed E-state index contributed by atoms with van der Waals surface area (Å²) in [6.07, 6.45) is 3.90. The fourth-order valence-electron chi connectivity index (χ4n) is 1.45. The van der Waals surface area contributed by atoms with E-state index >= 15 is 0 Å². The quantitative estimate of drug-likeness (QED) is 0.744. The lowest BCUT2D eigenvalue weighted by Gasteiger charge is -2.12. The SMILES string of the molecule is CCCC[C@H](NC(=O)c1ccc(SC)o1)C(=O)O. The van der Waals surface area contributed by atoms with Gasteiger partial charge in [-0.2, -0.15) is 0 Å². The number of carbonyl (C=O) groups is 2. The lowest BCUT2D eigenvalue weighted by Crippen LogP contribution is -2.40. The molecule has 0 aliphatic heterocycles. The minimum Gasteiger partial charge on any atom is -0.480 e. The van der Waals surface area contributed by atoms with Crippen molar-refractivity contribution in [1.82, 2.24) is 5.32 Å². The average Bonchev–Trinajstić information content (AvgIpc) is 2.82. The van der Waals surface area contributed by atoms with E-state index in [2.05, 4.69) is 5.32 Å².